The maximum atomic E-state index is 12.0. The van der Waals surface area contributed by atoms with Gasteiger partial charge in [0.05, 0.1) is 15.9 Å². The summed E-state index contributed by atoms with van der Waals surface area (Å²) in [6.45, 7) is 1.84. The molecule has 0 radical (unpaired) electrons. The van der Waals surface area contributed by atoms with Crippen LogP contribution in [0.1, 0.15) is 6.92 Å². The summed E-state index contributed by atoms with van der Waals surface area (Å²) in [6, 6.07) is 3.57. The minimum atomic E-state index is -3.73. The molecular weight excluding hydrogens is 286 g/mol. The van der Waals surface area contributed by atoms with Crippen molar-refractivity contribution in [2.45, 2.75) is 17.9 Å². The number of nitro groups is 1. The van der Waals surface area contributed by atoms with E-state index in [9.17, 15) is 18.5 Å². The van der Waals surface area contributed by atoms with Crippen LogP contribution >= 0.6 is 0 Å². The van der Waals surface area contributed by atoms with Gasteiger partial charge < -0.3 is 10.1 Å². The smallest absolute Gasteiger partial charge is 0.292 e. The Bertz CT molecular complexity index is 588. The van der Waals surface area contributed by atoms with Crippen molar-refractivity contribution >= 4 is 21.4 Å². The Morgan fingerprint density at radius 2 is 2.10 bits per heavy atom. The van der Waals surface area contributed by atoms with Gasteiger partial charge in [-0.1, -0.05) is 0 Å². The topological polar surface area (TPSA) is 111 Å². The molecule has 20 heavy (non-hydrogen) atoms. The Morgan fingerprint density at radius 1 is 1.45 bits per heavy atom. The van der Waals surface area contributed by atoms with Crippen molar-refractivity contribution in [1.29, 1.82) is 0 Å². The Kier molecular flexibility index (Phi) is 5.43. The lowest BCUT2D eigenvalue weighted by Gasteiger charge is -2.12. The second kappa shape index (κ2) is 6.64. The summed E-state index contributed by atoms with van der Waals surface area (Å²) in [5.74, 6) is 0. The van der Waals surface area contributed by atoms with Crippen LogP contribution in [0.25, 0.3) is 0 Å². The lowest BCUT2D eigenvalue weighted by atomic mass is 10.3. The van der Waals surface area contributed by atoms with Gasteiger partial charge in [-0.3, -0.25) is 10.1 Å². The van der Waals surface area contributed by atoms with Crippen molar-refractivity contribution in [1.82, 2.24) is 4.72 Å². The molecule has 1 rings (SSSR count). The molecule has 0 bridgehead atoms. The van der Waals surface area contributed by atoms with Gasteiger partial charge >= 0.3 is 0 Å². The molecule has 1 aromatic rings. The molecule has 0 saturated heterocycles. The normalized spacial score (nSPS) is 12.9. The van der Waals surface area contributed by atoms with Crippen LogP contribution in [0, 0.1) is 10.1 Å². The standard InChI is InChI=1S/C11H17N3O5S/c1-8(19-3)7-13-20(17,18)9-4-5-11(14(15)16)10(6-9)12-2/h4-6,8,12-13H,7H2,1-3H3. The van der Waals surface area contributed by atoms with Crippen LogP contribution in [-0.4, -0.2) is 40.1 Å². The van der Waals surface area contributed by atoms with Crippen molar-refractivity contribution in [2.24, 2.45) is 0 Å². The van der Waals surface area contributed by atoms with Gasteiger partial charge in [0, 0.05) is 26.8 Å². The number of nitrogens with zero attached hydrogens (tertiary/aromatic N) is 1. The summed E-state index contributed by atoms with van der Waals surface area (Å²) >= 11 is 0. The number of hydrogen-bond acceptors (Lipinski definition) is 6. The Morgan fingerprint density at radius 3 is 2.60 bits per heavy atom. The zero-order valence-electron chi connectivity index (χ0n) is 11.4. The molecule has 0 fully saturated rings. The SMILES string of the molecule is CNc1cc(S(=O)(=O)NCC(C)OC)ccc1[N+](=O)[O-]. The van der Waals surface area contributed by atoms with Crippen molar-refractivity contribution in [3.63, 3.8) is 0 Å². The van der Waals surface area contributed by atoms with Crippen LogP contribution < -0.4 is 10.0 Å². The molecule has 2 N–H and O–H groups in total. The van der Waals surface area contributed by atoms with Gasteiger partial charge in [-0.05, 0) is 19.1 Å². The van der Waals surface area contributed by atoms with E-state index in [2.05, 4.69) is 10.0 Å². The fourth-order valence-corrected chi connectivity index (χ4v) is 2.58. The quantitative estimate of drug-likeness (QED) is 0.573. The van der Waals surface area contributed by atoms with Crippen LogP contribution in [0.3, 0.4) is 0 Å². The van der Waals surface area contributed by atoms with Crippen molar-refractivity contribution in [3.05, 3.63) is 28.3 Å². The van der Waals surface area contributed by atoms with Gasteiger partial charge in [0.25, 0.3) is 5.69 Å². The van der Waals surface area contributed by atoms with Gasteiger partial charge in [-0.15, -0.1) is 0 Å². The maximum Gasteiger partial charge on any atom is 0.292 e. The highest BCUT2D eigenvalue weighted by Crippen LogP contribution is 2.26. The predicted molar refractivity (Wildman–Crippen MR) is 74.3 cm³/mol. The fourth-order valence-electron chi connectivity index (χ4n) is 1.44. The largest absolute Gasteiger partial charge is 0.383 e. The minimum Gasteiger partial charge on any atom is -0.383 e. The highest BCUT2D eigenvalue weighted by molar-refractivity contribution is 7.89. The van der Waals surface area contributed by atoms with Crippen LogP contribution in [0.2, 0.25) is 0 Å². The molecule has 112 valence electrons. The van der Waals surface area contributed by atoms with Crippen molar-refractivity contribution in [3.8, 4) is 0 Å². The van der Waals surface area contributed by atoms with Crippen molar-refractivity contribution in [2.75, 3.05) is 26.0 Å². The zero-order valence-corrected chi connectivity index (χ0v) is 12.2. The van der Waals surface area contributed by atoms with E-state index in [4.69, 9.17) is 4.74 Å². The average Bonchev–Trinajstić information content (AvgIpc) is 2.43. The third-order valence-electron chi connectivity index (χ3n) is 2.71. The highest BCUT2D eigenvalue weighted by atomic mass is 32.2. The number of rotatable bonds is 7. The molecular formula is C11H17N3O5S. The number of methoxy groups -OCH3 is 1. The van der Waals surface area contributed by atoms with Gasteiger partial charge in [0.15, 0.2) is 0 Å². The summed E-state index contributed by atoms with van der Waals surface area (Å²) in [4.78, 5) is 10.2. The summed E-state index contributed by atoms with van der Waals surface area (Å²) in [6.07, 6.45) is -0.272. The maximum absolute atomic E-state index is 12.0. The first-order chi connectivity index (χ1) is 9.31. The minimum absolute atomic E-state index is 0.0456. The second-order valence-electron chi connectivity index (χ2n) is 4.08. The molecule has 8 nitrogen and oxygen atoms in total. The third-order valence-corrected chi connectivity index (χ3v) is 4.13. The molecule has 1 atom stereocenters. The first-order valence-corrected chi connectivity index (χ1v) is 7.28. The Labute approximate surface area is 117 Å². The number of nitro benzene ring substituents is 1. The molecule has 0 saturated carbocycles. The van der Waals surface area contributed by atoms with E-state index < -0.39 is 14.9 Å². The molecule has 0 aliphatic rings. The van der Waals surface area contributed by atoms with Gasteiger partial charge in [-0.2, -0.15) is 0 Å². The van der Waals surface area contributed by atoms with E-state index in [-0.39, 0.29) is 28.9 Å². The number of anilines is 1. The van der Waals surface area contributed by atoms with Crippen molar-refractivity contribution < 1.29 is 18.1 Å². The van der Waals surface area contributed by atoms with E-state index in [1.54, 1.807) is 6.92 Å². The number of sulfonamides is 1. The van der Waals surface area contributed by atoms with Crippen LogP contribution in [0.5, 0.6) is 0 Å². The van der Waals surface area contributed by atoms with Gasteiger partial charge in [-0.25, -0.2) is 13.1 Å². The molecule has 9 heteroatoms. The van der Waals surface area contributed by atoms with E-state index >= 15 is 0 Å². The van der Waals surface area contributed by atoms with E-state index in [1.807, 2.05) is 0 Å². The summed E-state index contributed by atoms with van der Waals surface area (Å²) < 4.78 is 31.4. The summed E-state index contributed by atoms with van der Waals surface area (Å²) in [5, 5.41) is 13.4. The molecule has 0 spiro atoms. The monoisotopic (exact) mass is 303 g/mol. The predicted octanol–water partition coefficient (Wildman–Crippen LogP) is 0.950. The molecule has 0 heterocycles. The lowest BCUT2D eigenvalue weighted by molar-refractivity contribution is -0.384. The number of nitrogens with one attached hydrogen (secondary N) is 2. The third kappa shape index (κ3) is 3.89. The van der Waals surface area contributed by atoms with E-state index in [1.165, 1.54) is 26.3 Å². The van der Waals surface area contributed by atoms with Gasteiger partial charge in [0.1, 0.15) is 5.69 Å². The summed E-state index contributed by atoms with van der Waals surface area (Å²) in [7, 11) is -0.772. The lowest BCUT2D eigenvalue weighted by Crippen LogP contribution is -2.31. The Balaban J connectivity index is 3.04. The fraction of sp³-hybridized carbons (Fsp3) is 0.455. The van der Waals surface area contributed by atoms with Crippen LogP contribution in [-0.2, 0) is 14.8 Å². The van der Waals surface area contributed by atoms with Gasteiger partial charge in [0.2, 0.25) is 10.0 Å². The number of hydrogen-bond donors (Lipinski definition) is 2. The number of ether oxygens (including phenoxy) is 1. The highest BCUT2D eigenvalue weighted by Gasteiger charge is 2.20. The molecule has 1 unspecified atom stereocenters. The number of benzene rings is 1. The van der Waals surface area contributed by atoms with Crippen LogP contribution in [0.4, 0.5) is 11.4 Å². The Hall–Kier alpha value is -1.71. The summed E-state index contributed by atoms with van der Waals surface area (Å²) in [5.41, 5.74) is -0.0469. The first kappa shape index (κ1) is 16.3. The van der Waals surface area contributed by atoms with E-state index in [0.717, 1.165) is 6.07 Å². The molecule has 0 aliphatic heterocycles. The molecule has 0 aromatic heterocycles. The molecule has 1 aromatic carbocycles. The molecule has 0 aliphatic carbocycles. The molecule has 0 amide bonds. The average molecular weight is 303 g/mol. The second-order valence-corrected chi connectivity index (χ2v) is 5.85. The zero-order chi connectivity index (χ0) is 15.3. The van der Waals surface area contributed by atoms with E-state index in [0.29, 0.717) is 0 Å². The van der Waals surface area contributed by atoms with Crippen LogP contribution in [0.15, 0.2) is 23.1 Å². The first-order valence-electron chi connectivity index (χ1n) is 5.80.